The van der Waals surface area contributed by atoms with Crippen molar-refractivity contribution in [3.63, 3.8) is 0 Å². The molecule has 0 saturated heterocycles. The van der Waals surface area contributed by atoms with Crippen LogP contribution in [-0.4, -0.2) is 51.9 Å². The van der Waals surface area contributed by atoms with Crippen molar-refractivity contribution in [1.82, 2.24) is 10.0 Å². The van der Waals surface area contributed by atoms with Crippen LogP contribution in [0.3, 0.4) is 0 Å². The van der Waals surface area contributed by atoms with Crippen LogP contribution in [0.4, 0.5) is 0 Å². The van der Waals surface area contributed by atoms with E-state index in [4.69, 9.17) is 10.5 Å². The van der Waals surface area contributed by atoms with Gasteiger partial charge in [0.1, 0.15) is 0 Å². The lowest BCUT2D eigenvalue weighted by Gasteiger charge is -2.12. The molecule has 20 heavy (non-hydrogen) atoms. The summed E-state index contributed by atoms with van der Waals surface area (Å²) in [6, 6.07) is -0.0324. The smallest absolute Gasteiger partial charge is 0.235 e. The first-order valence-corrected chi connectivity index (χ1v) is 8.56. The molecule has 1 aliphatic carbocycles. The van der Waals surface area contributed by atoms with Crippen LogP contribution in [0.2, 0.25) is 0 Å². The lowest BCUT2D eigenvalue weighted by atomic mass is 10.2. The second-order valence-electron chi connectivity index (χ2n) is 5.36. The van der Waals surface area contributed by atoms with E-state index in [0.717, 1.165) is 12.8 Å². The predicted molar refractivity (Wildman–Crippen MR) is 76.6 cm³/mol. The largest absolute Gasteiger partial charge is 0.378 e. The minimum Gasteiger partial charge on any atom is -0.378 e. The average molecular weight is 307 g/mol. The molecule has 0 spiro atoms. The number of sulfonamides is 1. The number of hydrogen-bond acceptors (Lipinski definition) is 5. The zero-order valence-corrected chi connectivity index (χ0v) is 12.9. The van der Waals surface area contributed by atoms with Crippen molar-refractivity contribution in [2.45, 2.75) is 38.8 Å². The van der Waals surface area contributed by atoms with Crippen molar-refractivity contribution in [2.75, 3.05) is 25.4 Å². The molecule has 7 nitrogen and oxygen atoms in total. The Bertz CT molecular complexity index is 407. The first kappa shape index (κ1) is 17.4. The number of ether oxygens (including phenoxy) is 1. The van der Waals surface area contributed by atoms with Gasteiger partial charge in [-0.1, -0.05) is 0 Å². The van der Waals surface area contributed by atoms with Gasteiger partial charge in [-0.3, -0.25) is 4.79 Å². The SMILES string of the molecule is CC(C)OCCS(=O)(=O)NCC(=O)NCC(N)C1CC1. The molecule has 1 saturated carbocycles. The Morgan fingerprint density at radius 3 is 2.60 bits per heavy atom. The highest BCUT2D eigenvalue weighted by molar-refractivity contribution is 7.89. The minimum absolute atomic E-state index is 0.0163. The van der Waals surface area contributed by atoms with Crippen LogP contribution in [0, 0.1) is 5.92 Å². The summed E-state index contributed by atoms with van der Waals surface area (Å²) in [6.07, 6.45) is 2.20. The standard InChI is InChI=1S/C12H25N3O4S/c1-9(2)19-5-6-20(17,18)15-8-12(16)14-7-11(13)10-3-4-10/h9-11,15H,3-8,13H2,1-2H3,(H,14,16). The van der Waals surface area contributed by atoms with Crippen LogP contribution in [0.5, 0.6) is 0 Å². The fourth-order valence-electron chi connectivity index (χ4n) is 1.63. The van der Waals surface area contributed by atoms with Crippen molar-refractivity contribution in [2.24, 2.45) is 11.7 Å². The van der Waals surface area contributed by atoms with E-state index in [0.29, 0.717) is 12.5 Å². The summed E-state index contributed by atoms with van der Waals surface area (Å²) >= 11 is 0. The van der Waals surface area contributed by atoms with Gasteiger partial charge in [0, 0.05) is 12.6 Å². The molecule has 1 aliphatic rings. The fraction of sp³-hybridized carbons (Fsp3) is 0.917. The maximum absolute atomic E-state index is 11.6. The quantitative estimate of drug-likeness (QED) is 0.488. The normalized spacial score (nSPS) is 17.2. The van der Waals surface area contributed by atoms with Gasteiger partial charge in [0.15, 0.2) is 0 Å². The molecule has 0 aliphatic heterocycles. The van der Waals surface area contributed by atoms with Gasteiger partial charge in [-0.15, -0.1) is 0 Å². The van der Waals surface area contributed by atoms with E-state index >= 15 is 0 Å². The van der Waals surface area contributed by atoms with E-state index in [1.807, 2.05) is 13.8 Å². The Labute approximate surface area is 120 Å². The summed E-state index contributed by atoms with van der Waals surface area (Å²) in [5.41, 5.74) is 5.83. The van der Waals surface area contributed by atoms with Gasteiger partial charge in [-0.25, -0.2) is 13.1 Å². The second-order valence-corrected chi connectivity index (χ2v) is 7.29. The molecule has 0 bridgehead atoms. The summed E-state index contributed by atoms with van der Waals surface area (Å²) in [7, 11) is -3.48. The first-order chi connectivity index (χ1) is 9.30. The van der Waals surface area contributed by atoms with Crippen LogP contribution >= 0.6 is 0 Å². The summed E-state index contributed by atoms with van der Waals surface area (Å²) in [6.45, 7) is 3.90. The first-order valence-electron chi connectivity index (χ1n) is 6.91. The van der Waals surface area contributed by atoms with E-state index in [9.17, 15) is 13.2 Å². The highest BCUT2D eigenvalue weighted by atomic mass is 32.2. The zero-order valence-electron chi connectivity index (χ0n) is 12.1. The van der Waals surface area contributed by atoms with Gasteiger partial charge in [0.05, 0.1) is 25.0 Å². The van der Waals surface area contributed by atoms with Crippen LogP contribution in [0.1, 0.15) is 26.7 Å². The third-order valence-electron chi connectivity index (χ3n) is 3.02. The number of carbonyl (C=O) groups is 1. The molecule has 1 fully saturated rings. The number of nitrogens with one attached hydrogen (secondary N) is 2. The molecular weight excluding hydrogens is 282 g/mol. The maximum Gasteiger partial charge on any atom is 0.235 e. The molecule has 118 valence electrons. The van der Waals surface area contributed by atoms with Crippen molar-refractivity contribution >= 4 is 15.9 Å². The highest BCUT2D eigenvalue weighted by Crippen LogP contribution is 2.31. The van der Waals surface area contributed by atoms with Gasteiger partial charge in [-0.05, 0) is 32.6 Å². The Balaban J connectivity index is 2.14. The molecule has 0 aromatic carbocycles. The fourth-order valence-corrected chi connectivity index (χ4v) is 2.44. The van der Waals surface area contributed by atoms with E-state index in [2.05, 4.69) is 10.0 Å². The minimum atomic E-state index is -3.48. The average Bonchev–Trinajstić information content (AvgIpc) is 3.17. The van der Waals surface area contributed by atoms with Gasteiger partial charge in [0.2, 0.25) is 15.9 Å². The molecule has 0 aromatic rings. The Morgan fingerprint density at radius 2 is 2.05 bits per heavy atom. The predicted octanol–water partition coefficient (Wildman–Crippen LogP) is -0.816. The van der Waals surface area contributed by atoms with Crippen LogP contribution < -0.4 is 15.8 Å². The molecule has 0 aromatic heterocycles. The number of nitrogens with two attached hydrogens (primary N) is 1. The molecule has 8 heteroatoms. The summed E-state index contributed by atoms with van der Waals surface area (Å²) in [5, 5.41) is 2.63. The van der Waals surface area contributed by atoms with Gasteiger partial charge in [-0.2, -0.15) is 0 Å². The second kappa shape index (κ2) is 7.92. The van der Waals surface area contributed by atoms with E-state index < -0.39 is 10.0 Å². The number of rotatable bonds is 10. The van der Waals surface area contributed by atoms with E-state index in [-0.39, 0.29) is 37.0 Å². The molecule has 4 N–H and O–H groups in total. The van der Waals surface area contributed by atoms with Gasteiger partial charge in [0.25, 0.3) is 0 Å². The van der Waals surface area contributed by atoms with Crippen LogP contribution in [0.15, 0.2) is 0 Å². The maximum atomic E-state index is 11.6. The van der Waals surface area contributed by atoms with E-state index in [1.165, 1.54) is 0 Å². The number of amides is 1. The summed E-state index contributed by atoms with van der Waals surface area (Å²) in [5.74, 6) is -0.0188. The molecule has 0 heterocycles. The van der Waals surface area contributed by atoms with Crippen LogP contribution in [0.25, 0.3) is 0 Å². The van der Waals surface area contributed by atoms with Gasteiger partial charge >= 0.3 is 0 Å². The van der Waals surface area contributed by atoms with Gasteiger partial charge < -0.3 is 15.8 Å². The molecule has 1 amide bonds. The monoisotopic (exact) mass is 307 g/mol. The third kappa shape index (κ3) is 7.78. The highest BCUT2D eigenvalue weighted by Gasteiger charge is 2.28. The van der Waals surface area contributed by atoms with Crippen molar-refractivity contribution in [1.29, 1.82) is 0 Å². The third-order valence-corrected chi connectivity index (χ3v) is 4.31. The lowest BCUT2D eigenvalue weighted by molar-refractivity contribution is -0.120. The number of hydrogen-bond donors (Lipinski definition) is 3. The molecular formula is C12H25N3O4S. The number of carbonyl (C=O) groups excluding carboxylic acids is 1. The van der Waals surface area contributed by atoms with Crippen LogP contribution in [-0.2, 0) is 19.6 Å². The van der Waals surface area contributed by atoms with E-state index in [1.54, 1.807) is 0 Å². The van der Waals surface area contributed by atoms with Crippen molar-refractivity contribution < 1.29 is 17.9 Å². The zero-order chi connectivity index (χ0) is 15.2. The Kier molecular flexibility index (Phi) is 6.87. The Morgan fingerprint density at radius 1 is 1.40 bits per heavy atom. The topological polar surface area (TPSA) is 111 Å². The Hall–Kier alpha value is -0.700. The lowest BCUT2D eigenvalue weighted by Crippen LogP contribution is -2.43. The molecule has 1 rings (SSSR count). The van der Waals surface area contributed by atoms with Crippen molar-refractivity contribution in [3.05, 3.63) is 0 Å². The molecule has 1 unspecified atom stereocenters. The molecule has 0 radical (unpaired) electrons. The summed E-state index contributed by atoms with van der Waals surface area (Å²) in [4.78, 5) is 11.5. The molecule has 1 atom stereocenters. The van der Waals surface area contributed by atoms with Crippen molar-refractivity contribution in [3.8, 4) is 0 Å². The summed E-state index contributed by atoms with van der Waals surface area (Å²) < 4.78 is 30.6.